The number of aromatic nitrogens is 3. The number of fused-ring (bicyclic) bond motifs is 1. The largest absolute Gasteiger partial charge is 0.497 e. The van der Waals surface area contributed by atoms with E-state index in [9.17, 15) is 4.79 Å². The molecule has 1 aromatic carbocycles. The van der Waals surface area contributed by atoms with Gasteiger partial charge in [0.15, 0.2) is 5.65 Å². The third-order valence-electron chi connectivity index (χ3n) is 3.72. The molecule has 2 heterocycles. The highest BCUT2D eigenvalue weighted by Crippen LogP contribution is 2.33. The molecule has 130 valence electrons. The van der Waals surface area contributed by atoms with Gasteiger partial charge in [0, 0.05) is 19.2 Å². The summed E-state index contributed by atoms with van der Waals surface area (Å²) < 4.78 is 13.1. The predicted octanol–water partition coefficient (Wildman–Crippen LogP) is 2.48. The van der Waals surface area contributed by atoms with Crippen LogP contribution in [0.3, 0.4) is 0 Å². The molecule has 0 atom stereocenters. The van der Waals surface area contributed by atoms with E-state index < -0.39 is 0 Å². The van der Waals surface area contributed by atoms with Crippen LogP contribution in [0, 0.1) is 0 Å². The Morgan fingerprint density at radius 1 is 1.24 bits per heavy atom. The summed E-state index contributed by atoms with van der Waals surface area (Å²) in [5, 5.41) is 11.1. The topological polar surface area (TPSA) is 77.8 Å². The number of ether oxygens (including phenoxy) is 2. The molecule has 1 N–H and O–H groups in total. The number of benzene rings is 1. The summed E-state index contributed by atoms with van der Waals surface area (Å²) in [4.78, 5) is 12.5. The first-order chi connectivity index (χ1) is 12.1. The molecule has 0 fully saturated rings. The van der Waals surface area contributed by atoms with Gasteiger partial charge < -0.3 is 14.8 Å². The van der Waals surface area contributed by atoms with Gasteiger partial charge in [-0.1, -0.05) is 6.07 Å². The van der Waals surface area contributed by atoms with E-state index in [4.69, 9.17) is 9.47 Å². The third-order valence-corrected chi connectivity index (χ3v) is 4.31. The van der Waals surface area contributed by atoms with E-state index in [0.717, 1.165) is 11.5 Å². The van der Waals surface area contributed by atoms with E-state index in [1.165, 1.54) is 7.11 Å². The molecule has 2 aromatic heterocycles. The number of nitrogens with one attached hydrogen (secondary N) is 1. The Balaban J connectivity index is 1.71. The Morgan fingerprint density at radius 2 is 2.08 bits per heavy atom. The van der Waals surface area contributed by atoms with Crippen LogP contribution in [0.15, 0.2) is 41.0 Å². The smallest absolute Gasteiger partial charge is 0.255 e. The van der Waals surface area contributed by atoms with Crippen molar-refractivity contribution < 1.29 is 14.3 Å². The molecular formula is C17H17BrN4O3. The highest BCUT2D eigenvalue weighted by Gasteiger charge is 2.17. The van der Waals surface area contributed by atoms with Crippen molar-refractivity contribution in [3.63, 3.8) is 0 Å². The number of rotatable bonds is 6. The first-order valence-corrected chi connectivity index (χ1v) is 8.41. The first kappa shape index (κ1) is 17.2. The number of amides is 1. The summed E-state index contributed by atoms with van der Waals surface area (Å²) in [6, 6.07) is 9.09. The minimum absolute atomic E-state index is 0.245. The van der Waals surface area contributed by atoms with Crippen LogP contribution in [0.5, 0.6) is 11.5 Å². The number of halogens is 1. The second-order valence-electron chi connectivity index (χ2n) is 5.24. The van der Waals surface area contributed by atoms with Crippen molar-refractivity contribution in [2.45, 2.75) is 6.42 Å². The van der Waals surface area contributed by atoms with Crippen LogP contribution in [0.25, 0.3) is 5.65 Å². The van der Waals surface area contributed by atoms with Crippen LogP contribution in [0.4, 0.5) is 0 Å². The van der Waals surface area contributed by atoms with Crippen LogP contribution in [0.2, 0.25) is 0 Å². The molecule has 0 aliphatic rings. The zero-order valence-electron chi connectivity index (χ0n) is 13.8. The Morgan fingerprint density at radius 3 is 2.84 bits per heavy atom. The highest BCUT2D eigenvalue weighted by atomic mass is 79.9. The monoisotopic (exact) mass is 404 g/mol. The Hall–Kier alpha value is -2.61. The number of methoxy groups -OCH3 is 2. The SMILES string of the molecule is COc1cc(Br)c(OC)c(C(=O)NCCc2nnc3ccccn23)c1. The van der Waals surface area contributed by atoms with Crippen molar-refractivity contribution in [2.24, 2.45) is 0 Å². The summed E-state index contributed by atoms with van der Waals surface area (Å²) in [5.41, 5.74) is 1.18. The van der Waals surface area contributed by atoms with Crippen LogP contribution in [-0.4, -0.2) is 41.3 Å². The summed E-state index contributed by atoms with van der Waals surface area (Å²) in [6.45, 7) is 0.423. The molecule has 0 aliphatic heterocycles. The van der Waals surface area contributed by atoms with Gasteiger partial charge in [0.05, 0.1) is 24.3 Å². The second kappa shape index (κ2) is 7.52. The van der Waals surface area contributed by atoms with Crippen LogP contribution >= 0.6 is 15.9 Å². The van der Waals surface area contributed by atoms with Gasteiger partial charge in [-0.3, -0.25) is 9.20 Å². The van der Waals surface area contributed by atoms with Crippen molar-refractivity contribution >= 4 is 27.5 Å². The Kier molecular flexibility index (Phi) is 5.18. The van der Waals surface area contributed by atoms with E-state index in [1.54, 1.807) is 19.2 Å². The number of nitrogens with zero attached hydrogens (tertiary/aromatic N) is 3. The fourth-order valence-electron chi connectivity index (χ4n) is 2.51. The average molecular weight is 405 g/mol. The Labute approximate surface area is 153 Å². The van der Waals surface area contributed by atoms with Gasteiger partial charge in [-0.25, -0.2) is 0 Å². The molecule has 0 aliphatic carbocycles. The molecule has 3 aromatic rings. The van der Waals surface area contributed by atoms with Crippen molar-refractivity contribution in [3.05, 3.63) is 52.4 Å². The molecule has 25 heavy (non-hydrogen) atoms. The van der Waals surface area contributed by atoms with Gasteiger partial charge in [-0.2, -0.15) is 0 Å². The lowest BCUT2D eigenvalue weighted by atomic mass is 10.1. The maximum absolute atomic E-state index is 12.5. The van der Waals surface area contributed by atoms with E-state index in [-0.39, 0.29) is 5.91 Å². The Bertz CT molecular complexity index is 910. The molecule has 3 rings (SSSR count). The van der Waals surface area contributed by atoms with Crippen molar-refractivity contribution in [1.82, 2.24) is 19.9 Å². The predicted molar refractivity (Wildman–Crippen MR) is 96.3 cm³/mol. The van der Waals surface area contributed by atoms with E-state index >= 15 is 0 Å². The lowest BCUT2D eigenvalue weighted by Crippen LogP contribution is -2.26. The lowest BCUT2D eigenvalue weighted by Gasteiger charge is -2.12. The molecule has 0 radical (unpaired) electrons. The molecule has 8 heteroatoms. The molecule has 0 saturated carbocycles. The first-order valence-electron chi connectivity index (χ1n) is 7.62. The van der Waals surface area contributed by atoms with Crippen molar-refractivity contribution in [2.75, 3.05) is 20.8 Å². The number of hydrogen-bond acceptors (Lipinski definition) is 5. The maximum atomic E-state index is 12.5. The number of carbonyl (C=O) groups is 1. The molecule has 0 spiro atoms. The van der Waals surface area contributed by atoms with E-state index in [2.05, 4.69) is 31.4 Å². The normalized spacial score (nSPS) is 10.7. The summed E-state index contributed by atoms with van der Waals surface area (Å²) in [6.07, 6.45) is 2.46. The second-order valence-corrected chi connectivity index (χ2v) is 6.10. The zero-order chi connectivity index (χ0) is 17.8. The maximum Gasteiger partial charge on any atom is 0.255 e. The third kappa shape index (κ3) is 3.58. The van der Waals surface area contributed by atoms with Crippen molar-refractivity contribution in [1.29, 1.82) is 0 Å². The summed E-state index contributed by atoms with van der Waals surface area (Å²) in [7, 11) is 3.07. The molecule has 0 bridgehead atoms. The summed E-state index contributed by atoms with van der Waals surface area (Å²) >= 11 is 3.39. The number of pyridine rings is 1. The molecule has 0 saturated heterocycles. The quantitative estimate of drug-likeness (QED) is 0.682. The number of carbonyl (C=O) groups excluding carboxylic acids is 1. The van der Waals surface area contributed by atoms with Crippen LogP contribution < -0.4 is 14.8 Å². The van der Waals surface area contributed by atoms with E-state index in [0.29, 0.717) is 34.5 Å². The molecule has 1 amide bonds. The fraction of sp³-hybridized carbons (Fsp3) is 0.235. The molecular weight excluding hydrogens is 388 g/mol. The zero-order valence-corrected chi connectivity index (χ0v) is 15.4. The lowest BCUT2D eigenvalue weighted by molar-refractivity contribution is 0.0950. The van der Waals surface area contributed by atoms with Gasteiger partial charge in [-0.05, 0) is 40.2 Å². The molecule has 0 unspecified atom stereocenters. The molecule has 7 nitrogen and oxygen atoms in total. The van der Waals surface area contributed by atoms with Gasteiger partial charge in [0.25, 0.3) is 5.91 Å². The van der Waals surface area contributed by atoms with Crippen molar-refractivity contribution in [3.8, 4) is 11.5 Å². The van der Waals surface area contributed by atoms with Gasteiger partial charge in [0.2, 0.25) is 0 Å². The summed E-state index contributed by atoms with van der Waals surface area (Å²) in [5.74, 6) is 1.58. The fourth-order valence-corrected chi connectivity index (χ4v) is 3.11. The minimum atomic E-state index is -0.245. The van der Waals surface area contributed by atoms with Gasteiger partial charge >= 0.3 is 0 Å². The minimum Gasteiger partial charge on any atom is -0.497 e. The van der Waals surface area contributed by atoms with Crippen LogP contribution in [-0.2, 0) is 6.42 Å². The van der Waals surface area contributed by atoms with Crippen LogP contribution in [0.1, 0.15) is 16.2 Å². The average Bonchev–Trinajstić information content (AvgIpc) is 3.04. The number of hydrogen-bond donors (Lipinski definition) is 1. The highest BCUT2D eigenvalue weighted by molar-refractivity contribution is 9.10. The van der Waals surface area contributed by atoms with E-state index in [1.807, 2.05) is 28.8 Å². The standard InChI is InChI=1S/C17H17BrN4O3/c1-24-11-9-12(16(25-2)13(18)10-11)17(23)19-7-6-15-21-20-14-5-3-4-8-22(14)15/h3-5,8-10H,6-7H2,1-2H3,(H,19,23). The van der Waals surface area contributed by atoms with Gasteiger partial charge in [-0.15, -0.1) is 10.2 Å². The van der Waals surface area contributed by atoms with Gasteiger partial charge in [0.1, 0.15) is 17.3 Å².